The first-order chi connectivity index (χ1) is 16.0. The molecule has 2 unspecified atom stereocenters. The van der Waals surface area contributed by atoms with Crippen LogP contribution in [0.1, 0.15) is 16.7 Å². The fourth-order valence-electron chi connectivity index (χ4n) is 4.16. The van der Waals surface area contributed by atoms with Crippen LogP contribution in [-0.4, -0.2) is 36.0 Å². The average Bonchev–Trinajstić information content (AvgIpc) is 3.01. The second-order valence-corrected chi connectivity index (χ2v) is 8.08. The summed E-state index contributed by atoms with van der Waals surface area (Å²) in [6, 6.07) is 23.1. The Bertz CT molecular complexity index is 1250. The molecular weight excluding hydrogens is 447 g/mol. The summed E-state index contributed by atoms with van der Waals surface area (Å²) in [5, 5.41) is 2.72. The number of hydrogen-bond acceptors (Lipinski definition) is 5. The van der Waals surface area contributed by atoms with Crippen LogP contribution in [0.4, 0.5) is 13.2 Å². The predicted molar refractivity (Wildman–Crippen MR) is 119 cm³/mol. The zero-order valence-corrected chi connectivity index (χ0v) is 18.4. The van der Waals surface area contributed by atoms with Gasteiger partial charge in [0.15, 0.2) is 5.54 Å². The maximum Gasteiger partial charge on any atom is 0.491 e. The highest BCUT2D eigenvalue weighted by Gasteiger charge is 2.62. The standard InChI is InChI=1S/C25H22F3N3O3/c1-16-9-6-7-14-20(16)17-10-8-13-19(15-17)23(18-11-4-3-5-12-18)21(32)31(2)25(29,30-23)34-22(33)24(26,27)28/h3-15,30H,29H2,1-2H3. The first-order valence-corrected chi connectivity index (χ1v) is 10.4. The van der Waals surface area contributed by atoms with Gasteiger partial charge in [-0.05, 0) is 40.8 Å². The third kappa shape index (κ3) is 3.82. The Kier molecular flexibility index (Phi) is 5.71. The molecule has 0 aromatic heterocycles. The van der Waals surface area contributed by atoms with Gasteiger partial charge in [0.1, 0.15) is 0 Å². The molecule has 9 heteroatoms. The molecule has 3 N–H and O–H groups in total. The number of amides is 1. The Morgan fingerprint density at radius 3 is 2.24 bits per heavy atom. The second kappa shape index (κ2) is 8.27. The molecule has 4 rings (SSSR count). The lowest BCUT2D eigenvalue weighted by Crippen LogP contribution is -2.64. The highest BCUT2D eigenvalue weighted by Crippen LogP contribution is 2.41. The molecule has 1 fully saturated rings. The number of nitrogens with one attached hydrogen (secondary N) is 1. The van der Waals surface area contributed by atoms with E-state index in [-0.39, 0.29) is 0 Å². The van der Waals surface area contributed by atoms with Crippen LogP contribution in [-0.2, 0) is 19.9 Å². The number of esters is 1. The van der Waals surface area contributed by atoms with Crippen LogP contribution in [0.25, 0.3) is 11.1 Å². The zero-order chi connectivity index (χ0) is 24.7. The molecule has 3 aromatic carbocycles. The predicted octanol–water partition coefficient (Wildman–Crippen LogP) is 3.64. The Morgan fingerprint density at radius 1 is 0.971 bits per heavy atom. The summed E-state index contributed by atoms with van der Waals surface area (Å²) in [6.07, 6.45) is -5.29. The molecule has 0 bridgehead atoms. The van der Waals surface area contributed by atoms with Gasteiger partial charge < -0.3 is 4.74 Å². The lowest BCUT2D eigenvalue weighted by atomic mass is 9.81. The number of alkyl halides is 3. The molecule has 34 heavy (non-hydrogen) atoms. The molecule has 0 aliphatic carbocycles. The minimum absolute atomic E-state index is 0.421. The Balaban J connectivity index is 1.89. The fraction of sp³-hybridized carbons (Fsp3) is 0.200. The van der Waals surface area contributed by atoms with Gasteiger partial charge in [0.25, 0.3) is 5.91 Å². The summed E-state index contributed by atoms with van der Waals surface area (Å²) in [6.45, 7) is 1.95. The van der Waals surface area contributed by atoms with Gasteiger partial charge >= 0.3 is 18.1 Å². The van der Waals surface area contributed by atoms with Gasteiger partial charge in [-0.2, -0.15) is 13.2 Å². The lowest BCUT2D eigenvalue weighted by molar-refractivity contribution is -0.228. The molecule has 1 aliphatic heterocycles. The molecular formula is C25H22F3N3O3. The summed E-state index contributed by atoms with van der Waals surface area (Å²) in [7, 11) is 1.18. The van der Waals surface area contributed by atoms with Gasteiger partial charge in [0.05, 0.1) is 0 Å². The molecule has 1 saturated heterocycles. The van der Waals surface area contributed by atoms with Gasteiger partial charge in [-0.25, -0.2) is 10.1 Å². The van der Waals surface area contributed by atoms with E-state index >= 15 is 0 Å². The largest absolute Gasteiger partial charge is 0.491 e. The summed E-state index contributed by atoms with van der Waals surface area (Å²) < 4.78 is 43.4. The average molecular weight is 469 g/mol. The monoisotopic (exact) mass is 469 g/mol. The van der Waals surface area contributed by atoms with Crippen molar-refractivity contribution < 1.29 is 27.5 Å². The molecule has 176 valence electrons. The summed E-state index contributed by atoms with van der Waals surface area (Å²) in [5.41, 5.74) is 7.92. The molecule has 0 radical (unpaired) electrons. The van der Waals surface area contributed by atoms with E-state index < -0.39 is 29.6 Å². The number of carbonyl (C=O) groups is 2. The number of nitrogens with zero attached hydrogens (tertiary/aromatic N) is 1. The molecule has 1 heterocycles. The van der Waals surface area contributed by atoms with Gasteiger partial charge in [0, 0.05) is 7.05 Å². The maximum absolute atomic E-state index is 13.7. The van der Waals surface area contributed by atoms with E-state index in [0.29, 0.717) is 11.1 Å². The van der Waals surface area contributed by atoms with E-state index in [0.717, 1.165) is 21.6 Å². The number of rotatable bonds is 4. The first-order valence-electron chi connectivity index (χ1n) is 10.4. The minimum Gasteiger partial charge on any atom is -0.404 e. The van der Waals surface area contributed by atoms with Crippen molar-refractivity contribution in [2.45, 2.75) is 24.6 Å². The number of hydrogen-bond donors (Lipinski definition) is 2. The number of ether oxygens (including phenoxy) is 1. The Morgan fingerprint density at radius 2 is 1.59 bits per heavy atom. The summed E-state index contributed by atoms with van der Waals surface area (Å²) in [4.78, 5) is 26.1. The van der Waals surface area contributed by atoms with E-state index in [1.807, 2.05) is 37.3 Å². The molecule has 0 saturated carbocycles. The van der Waals surface area contributed by atoms with E-state index in [1.54, 1.807) is 48.5 Å². The highest BCUT2D eigenvalue weighted by atomic mass is 19.4. The number of nitrogens with two attached hydrogens (primary N) is 1. The van der Waals surface area contributed by atoms with E-state index in [2.05, 4.69) is 10.1 Å². The number of halogens is 3. The number of benzene rings is 3. The second-order valence-electron chi connectivity index (χ2n) is 8.08. The van der Waals surface area contributed by atoms with E-state index in [4.69, 9.17) is 5.73 Å². The molecule has 1 amide bonds. The topological polar surface area (TPSA) is 84.7 Å². The van der Waals surface area contributed by atoms with Crippen LogP contribution >= 0.6 is 0 Å². The molecule has 0 spiro atoms. The van der Waals surface area contributed by atoms with Crippen LogP contribution in [0, 0.1) is 6.92 Å². The molecule has 6 nitrogen and oxygen atoms in total. The van der Waals surface area contributed by atoms with Crippen LogP contribution in [0.2, 0.25) is 0 Å². The molecule has 3 aromatic rings. The van der Waals surface area contributed by atoms with Crippen molar-refractivity contribution in [3.05, 3.63) is 95.6 Å². The molecule has 2 atom stereocenters. The van der Waals surface area contributed by atoms with Gasteiger partial charge in [-0.15, -0.1) is 0 Å². The van der Waals surface area contributed by atoms with Gasteiger partial charge in [-0.3, -0.25) is 15.4 Å². The maximum atomic E-state index is 13.7. The van der Waals surface area contributed by atoms with Crippen molar-refractivity contribution in [3.63, 3.8) is 0 Å². The highest BCUT2D eigenvalue weighted by molar-refractivity contribution is 5.95. The zero-order valence-electron chi connectivity index (χ0n) is 18.4. The fourth-order valence-corrected chi connectivity index (χ4v) is 4.16. The van der Waals surface area contributed by atoms with Gasteiger partial charge in [0.2, 0.25) is 0 Å². The minimum atomic E-state index is -5.29. The summed E-state index contributed by atoms with van der Waals surface area (Å²) in [5.74, 6) is -5.74. The van der Waals surface area contributed by atoms with Crippen LogP contribution in [0.15, 0.2) is 78.9 Å². The lowest BCUT2D eigenvalue weighted by Gasteiger charge is -2.32. The first kappa shape index (κ1) is 23.5. The third-order valence-corrected chi connectivity index (χ3v) is 5.93. The number of aryl methyl sites for hydroxylation is 1. The van der Waals surface area contributed by atoms with Crippen LogP contribution in [0.3, 0.4) is 0 Å². The Hall–Kier alpha value is -3.69. The third-order valence-electron chi connectivity index (χ3n) is 5.93. The van der Waals surface area contributed by atoms with Crippen molar-refractivity contribution in [1.82, 2.24) is 10.2 Å². The van der Waals surface area contributed by atoms with Crippen molar-refractivity contribution >= 4 is 11.9 Å². The smallest absolute Gasteiger partial charge is 0.404 e. The van der Waals surface area contributed by atoms with Crippen molar-refractivity contribution in [1.29, 1.82) is 0 Å². The van der Waals surface area contributed by atoms with Crippen molar-refractivity contribution in [2.75, 3.05) is 7.05 Å². The quantitative estimate of drug-likeness (QED) is 0.450. The van der Waals surface area contributed by atoms with Gasteiger partial charge in [-0.1, -0.05) is 72.8 Å². The summed E-state index contributed by atoms with van der Waals surface area (Å²) >= 11 is 0. The van der Waals surface area contributed by atoms with Crippen LogP contribution in [0.5, 0.6) is 0 Å². The van der Waals surface area contributed by atoms with Crippen molar-refractivity contribution in [3.8, 4) is 11.1 Å². The molecule has 1 aliphatic rings. The SMILES string of the molecule is Cc1ccccc1-c1cccc(C2(c3ccccc3)NC(N)(OC(=O)C(F)(F)F)N(C)C2=O)c1. The Labute approximate surface area is 194 Å². The normalized spacial score (nSPS) is 22.6. The van der Waals surface area contributed by atoms with E-state index in [1.165, 1.54) is 7.05 Å². The number of carbonyl (C=O) groups excluding carboxylic acids is 2. The van der Waals surface area contributed by atoms with Crippen LogP contribution < -0.4 is 11.1 Å². The number of likely N-dealkylation sites (N-methyl/N-ethyl adjacent to an activating group) is 1. The van der Waals surface area contributed by atoms with E-state index in [9.17, 15) is 22.8 Å². The van der Waals surface area contributed by atoms with Crippen molar-refractivity contribution in [2.24, 2.45) is 5.73 Å².